The zero-order valence-electron chi connectivity index (χ0n) is 10.9. The number of aromatic amines is 1. The first kappa shape index (κ1) is 13.1. The molecule has 0 atom stereocenters. The van der Waals surface area contributed by atoms with Crippen molar-refractivity contribution in [2.24, 2.45) is 0 Å². The van der Waals surface area contributed by atoms with Crippen molar-refractivity contribution < 1.29 is 4.74 Å². The molecule has 0 unspecified atom stereocenters. The van der Waals surface area contributed by atoms with Crippen molar-refractivity contribution in [2.45, 2.75) is 32.6 Å². The van der Waals surface area contributed by atoms with Crippen LogP contribution in [-0.2, 0) is 6.42 Å². The van der Waals surface area contributed by atoms with Gasteiger partial charge in [-0.15, -0.1) is 0 Å². The number of aryl methyl sites for hydroxylation is 1. The lowest BCUT2D eigenvalue weighted by atomic mass is 10.1. The quantitative estimate of drug-likeness (QED) is 0.854. The van der Waals surface area contributed by atoms with E-state index in [1.165, 1.54) is 25.3 Å². The number of ether oxygens (including phenoxy) is 1. The third kappa shape index (κ3) is 3.84. The maximum atomic E-state index is 11.3. The minimum atomic E-state index is -0.144. The number of hydrogen-bond donors (Lipinski definition) is 1. The summed E-state index contributed by atoms with van der Waals surface area (Å²) < 4.78 is 5.56. The van der Waals surface area contributed by atoms with Crippen LogP contribution in [-0.4, -0.2) is 41.1 Å². The summed E-state index contributed by atoms with van der Waals surface area (Å²) in [6.07, 6.45) is 4.61. The number of aromatic nitrogens is 2. The van der Waals surface area contributed by atoms with Crippen LogP contribution in [0.3, 0.4) is 0 Å². The maximum Gasteiger partial charge on any atom is 0.254 e. The van der Waals surface area contributed by atoms with Gasteiger partial charge in [-0.2, -0.15) is 0 Å². The van der Waals surface area contributed by atoms with E-state index in [1.54, 1.807) is 0 Å². The molecule has 5 heteroatoms. The van der Waals surface area contributed by atoms with Crippen LogP contribution < -0.4 is 10.3 Å². The van der Waals surface area contributed by atoms with E-state index in [1.807, 2.05) is 6.92 Å². The third-order valence-corrected chi connectivity index (χ3v) is 3.21. The average Bonchev–Trinajstić information content (AvgIpc) is 2.39. The molecule has 0 spiro atoms. The normalized spacial score (nSPS) is 16.7. The van der Waals surface area contributed by atoms with Crippen molar-refractivity contribution in [1.29, 1.82) is 0 Å². The lowest BCUT2D eigenvalue weighted by Gasteiger charge is -2.25. The molecule has 5 nitrogen and oxygen atoms in total. The van der Waals surface area contributed by atoms with Crippen molar-refractivity contribution in [3.8, 4) is 5.88 Å². The van der Waals surface area contributed by atoms with E-state index >= 15 is 0 Å². The van der Waals surface area contributed by atoms with E-state index in [2.05, 4.69) is 14.9 Å². The molecule has 1 fully saturated rings. The van der Waals surface area contributed by atoms with Gasteiger partial charge in [0, 0.05) is 13.0 Å². The molecule has 18 heavy (non-hydrogen) atoms. The second-order valence-corrected chi connectivity index (χ2v) is 4.63. The highest BCUT2D eigenvalue weighted by atomic mass is 16.5. The van der Waals surface area contributed by atoms with Gasteiger partial charge in [0.2, 0.25) is 5.88 Å². The summed E-state index contributed by atoms with van der Waals surface area (Å²) in [4.78, 5) is 20.7. The standard InChI is InChI=1S/C13H21N3O2/c1-2-11-14-12(17)10-13(15-11)18-9-8-16-6-4-3-5-7-16/h10H,2-9H2,1H3,(H,14,15,17). The number of nitrogens with one attached hydrogen (secondary N) is 1. The van der Waals surface area contributed by atoms with Gasteiger partial charge < -0.3 is 9.72 Å². The highest BCUT2D eigenvalue weighted by Gasteiger charge is 2.09. The first-order chi connectivity index (χ1) is 8.78. The molecule has 1 aliphatic rings. The monoisotopic (exact) mass is 251 g/mol. The van der Waals surface area contributed by atoms with Crippen molar-refractivity contribution in [2.75, 3.05) is 26.2 Å². The zero-order chi connectivity index (χ0) is 12.8. The summed E-state index contributed by atoms with van der Waals surface area (Å²) in [5, 5.41) is 0. The van der Waals surface area contributed by atoms with E-state index in [4.69, 9.17) is 4.74 Å². The van der Waals surface area contributed by atoms with Crippen LogP contribution in [0.15, 0.2) is 10.9 Å². The van der Waals surface area contributed by atoms with Crippen LogP contribution in [0.1, 0.15) is 32.0 Å². The second kappa shape index (κ2) is 6.54. The van der Waals surface area contributed by atoms with Gasteiger partial charge in [-0.3, -0.25) is 9.69 Å². The van der Waals surface area contributed by atoms with Gasteiger partial charge in [0.25, 0.3) is 5.56 Å². The fraction of sp³-hybridized carbons (Fsp3) is 0.692. The molecular formula is C13H21N3O2. The molecule has 0 amide bonds. The fourth-order valence-corrected chi connectivity index (χ4v) is 2.19. The number of hydrogen-bond acceptors (Lipinski definition) is 4. The minimum Gasteiger partial charge on any atom is -0.476 e. The van der Waals surface area contributed by atoms with Crippen molar-refractivity contribution >= 4 is 0 Å². The molecule has 2 heterocycles. The highest BCUT2D eigenvalue weighted by Crippen LogP contribution is 2.08. The summed E-state index contributed by atoms with van der Waals surface area (Å²) >= 11 is 0. The molecule has 1 N–H and O–H groups in total. The molecular weight excluding hydrogens is 230 g/mol. The largest absolute Gasteiger partial charge is 0.476 e. The second-order valence-electron chi connectivity index (χ2n) is 4.63. The van der Waals surface area contributed by atoms with Crippen LogP contribution in [0, 0.1) is 0 Å². The molecule has 1 aromatic heterocycles. The van der Waals surface area contributed by atoms with Crippen LogP contribution in [0.25, 0.3) is 0 Å². The number of H-pyrrole nitrogens is 1. The van der Waals surface area contributed by atoms with Gasteiger partial charge in [-0.1, -0.05) is 13.3 Å². The average molecular weight is 251 g/mol. The number of likely N-dealkylation sites (tertiary alicyclic amines) is 1. The van der Waals surface area contributed by atoms with Crippen molar-refractivity contribution in [3.63, 3.8) is 0 Å². The molecule has 0 saturated carbocycles. The van der Waals surface area contributed by atoms with Crippen molar-refractivity contribution in [3.05, 3.63) is 22.2 Å². The van der Waals surface area contributed by atoms with E-state index in [9.17, 15) is 4.79 Å². The highest BCUT2D eigenvalue weighted by molar-refractivity contribution is 5.08. The summed E-state index contributed by atoms with van der Waals surface area (Å²) in [7, 11) is 0. The van der Waals surface area contributed by atoms with Gasteiger partial charge in [0.15, 0.2) is 0 Å². The Morgan fingerprint density at radius 3 is 2.89 bits per heavy atom. The van der Waals surface area contributed by atoms with Crippen LogP contribution in [0.5, 0.6) is 5.88 Å². The lowest BCUT2D eigenvalue weighted by Crippen LogP contribution is -2.33. The van der Waals surface area contributed by atoms with E-state index in [0.717, 1.165) is 19.6 Å². The maximum absolute atomic E-state index is 11.3. The Kier molecular flexibility index (Phi) is 4.75. The van der Waals surface area contributed by atoms with Gasteiger partial charge in [0.1, 0.15) is 12.4 Å². The number of nitrogens with zero attached hydrogens (tertiary/aromatic N) is 2. The Morgan fingerprint density at radius 2 is 2.17 bits per heavy atom. The number of piperidine rings is 1. The summed E-state index contributed by atoms with van der Waals surface area (Å²) in [5.41, 5.74) is -0.144. The minimum absolute atomic E-state index is 0.144. The molecule has 0 bridgehead atoms. The predicted octanol–water partition coefficient (Wildman–Crippen LogP) is 1.20. The molecule has 0 radical (unpaired) electrons. The Hall–Kier alpha value is -1.36. The topological polar surface area (TPSA) is 58.2 Å². The van der Waals surface area contributed by atoms with Gasteiger partial charge in [0.05, 0.1) is 6.07 Å². The molecule has 100 valence electrons. The van der Waals surface area contributed by atoms with Crippen LogP contribution in [0.2, 0.25) is 0 Å². The molecule has 1 aromatic rings. The predicted molar refractivity (Wildman–Crippen MR) is 70.0 cm³/mol. The lowest BCUT2D eigenvalue weighted by molar-refractivity contribution is 0.180. The van der Waals surface area contributed by atoms with Crippen molar-refractivity contribution in [1.82, 2.24) is 14.9 Å². The molecule has 0 aromatic carbocycles. The fourth-order valence-electron chi connectivity index (χ4n) is 2.19. The van der Waals surface area contributed by atoms with E-state index in [-0.39, 0.29) is 5.56 Å². The van der Waals surface area contributed by atoms with Crippen LogP contribution >= 0.6 is 0 Å². The Labute approximate surface area is 107 Å². The molecule has 1 saturated heterocycles. The Bertz CT molecular complexity index is 424. The first-order valence-corrected chi connectivity index (χ1v) is 6.73. The Balaban J connectivity index is 1.82. The molecule has 2 rings (SSSR count). The number of rotatable bonds is 5. The van der Waals surface area contributed by atoms with Crippen LogP contribution in [0.4, 0.5) is 0 Å². The molecule has 1 aliphatic heterocycles. The van der Waals surface area contributed by atoms with Gasteiger partial charge in [-0.25, -0.2) is 4.98 Å². The van der Waals surface area contributed by atoms with Gasteiger partial charge >= 0.3 is 0 Å². The Morgan fingerprint density at radius 1 is 1.39 bits per heavy atom. The smallest absolute Gasteiger partial charge is 0.254 e. The third-order valence-electron chi connectivity index (χ3n) is 3.21. The summed E-state index contributed by atoms with van der Waals surface area (Å²) in [5.74, 6) is 1.11. The summed E-state index contributed by atoms with van der Waals surface area (Å²) in [6, 6.07) is 1.41. The SMILES string of the molecule is CCc1nc(OCCN2CCCCC2)cc(=O)[nH]1. The zero-order valence-corrected chi connectivity index (χ0v) is 10.9. The molecule has 0 aliphatic carbocycles. The summed E-state index contributed by atoms with van der Waals surface area (Å²) in [6.45, 7) is 5.78. The van der Waals surface area contributed by atoms with E-state index < -0.39 is 0 Å². The van der Waals surface area contributed by atoms with E-state index in [0.29, 0.717) is 24.7 Å². The first-order valence-electron chi connectivity index (χ1n) is 6.73. The van der Waals surface area contributed by atoms with Gasteiger partial charge in [-0.05, 0) is 25.9 Å².